The summed E-state index contributed by atoms with van der Waals surface area (Å²) < 4.78 is 1.79. The third-order valence-electron chi connectivity index (χ3n) is 2.75. The van der Waals surface area contributed by atoms with E-state index in [9.17, 15) is 10.1 Å². The second-order valence-electron chi connectivity index (χ2n) is 3.83. The second-order valence-corrected chi connectivity index (χ2v) is 3.83. The van der Waals surface area contributed by atoms with E-state index in [0.29, 0.717) is 24.4 Å². The van der Waals surface area contributed by atoms with E-state index in [-0.39, 0.29) is 17.2 Å². The van der Waals surface area contributed by atoms with Crippen LogP contribution in [-0.2, 0) is 19.6 Å². The van der Waals surface area contributed by atoms with Crippen LogP contribution in [0, 0.1) is 10.1 Å². The zero-order valence-corrected chi connectivity index (χ0v) is 9.69. The number of nitro groups is 1. The van der Waals surface area contributed by atoms with Gasteiger partial charge in [-0.25, -0.2) is 4.98 Å². The molecule has 0 unspecified atom stereocenters. The Morgan fingerprint density at radius 3 is 2.89 bits per heavy atom. The van der Waals surface area contributed by atoms with Crippen LogP contribution in [0.5, 0.6) is 0 Å². The first kappa shape index (κ1) is 12.3. The van der Waals surface area contributed by atoms with Crippen molar-refractivity contribution in [2.45, 2.75) is 19.6 Å². The first-order valence-corrected chi connectivity index (χ1v) is 5.55. The molecular weight excluding hydrogens is 234 g/mol. The summed E-state index contributed by atoms with van der Waals surface area (Å²) in [6, 6.07) is 6.67. The van der Waals surface area contributed by atoms with E-state index in [4.69, 9.17) is 5.11 Å². The molecule has 1 aromatic heterocycles. The lowest BCUT2D eigenvalue weighted by Gasteiger charge is -2.06. The second kappa shape index (κ2) is 5.42. The number of para-hydroxylation sites is 1. The van der Waals surface area contributed by atoms with Crippen LogP contribution >= 0.6 is 0 Å². The predicted molar refractivity (Wildman–Crippen MR) is 65.0 cm³/mol. The summed E-state index contributed by atoms with van der Waals surface area (Å²) >= 11 is 0. The highest BCUT2D eigenvalue weighted by Crippen LogP contribution is 2.18. The quantitative estimate of drug-likeness (QED) is 0.641. The highest BCUT2D eigenvalue weighted by Gasteiger charge is 2.12. The van der Waals surface area contributed by atoms with Crippen LogP contribution in [0.1, 0.15) is 11.4 Å². The molecule has 1 heterocycles. The molecule has 0 aliphatic heterocycles. The summed E-state index contributed by atoms with van der Waals surface area (Å²) in [4.78, 5) is 14.5. The molecule has 0 aliphatic rings. The summed E-state index contributed by atoms with van der Waals surface area (Å²) in [5, 5.41) is 19.9. The topological polar surface area (TPSA) is 81.2 Å². The van der Waals surface area contributed by atoms with Gasteiger partial charge in [0.15, 0.2) is 0 Å². The smallest absolute Gasteiger partial charge is 0.272 e. The van der Waals surface area contributed by atoms with Crippen molar-refractivity contribution in [2.75, 3.05) is 0 Å². The molecule has 1 N–H and O–H groups in total. The molecule has 0 spiro atoms. The predicted octanol–water partition coefficient (Wildman–Crippen LogP) is 1.53. The van der Waals surface area contributed by atoms with Crippen molar-refractivity contribution in [1.82, 2.24) is 9.55 Å². The standard InChI is InChI=1S/C12H13N3O3/c16-9-12-13-6-8-14(12)7-5-10-3-1-2-4-11(10)15(17)18/h1-4,6,8,16H,5,7,9H2. The van der Waals surface area contributed by atoms with Crippen LogP contribution < -0.4 is 0 Å². The maximum absolute atomic E-state index is 10.9. The summed E-state index contributed by atoms with van der Waals surface area (Å²) in [5.74, 6) is 0.564. The van der Waals surface area contributed by atoms with Gasteiger partial charge < -0.3 is 9.67 Å². The number of aryl methyl sites for hydroxylation is 2. The van der Waals surface area contributed by atoms with Crippen LogP contribution in [0.25, 0.3) is 0 Å². The molecule has 0 fully saturated rings. The number of aliphatic hydroxyl groups excluding tert-OH is 1. The van der Waals surface area contributed by atoms with Gasteiger partial charge in [-0.15, -0.1) is 0 Å². The number of nitro benzene ring substituents is 1. The normalized spacial score (nSPS) is 10.5. The van der Waals surface area contributed by atoms with E-state index in [1.54, 1.807) is 35.2 Å². The Morgan fingerprint density at radius 1 is 1.39 bits per heavy atom. The Bertz CT molecular complexity index is 551. The fraction of sp³-hybridized carbons (Fsp3) is 0.250. The Kier molecular flexibility index (Phi) is 3.69. The summed E-state index contributed by atoms with van der Waals surface area (Å²) in [6.07, 6.45) is 3.88. The Balaban J connectivity index is 2.13. The van der Waals surface area contributed by atoms with Gasteiger partial charge in [0.2, 0.25) is 0 Å². The van der Waals surface area contributed by atoms with Crippen molar-refractivity contribution < 1.29 is 10.0 Å². The van der Waals surface area contributed by atoms with E-state index >= 15 is 0 Å². The van der Waals surface area contributed by atoms with Gasteiger partial charge in [-0.3, -0.25) is 10.1 Å². The van der Waals surface area contributed by atoms with E-state index < -0.39 is 0 Å². The number of hydrogen-bond donors (Lipinski definition) is 1. The van der Waals surface area contributed by atoms with Gasteiger partial charge in [0.25, 0.3) is 5.69 Å². The Labute approximate surface area is 104 Å². The molecule has 94 valence electrons. The van der Waals surface area contributed by atoms with Crippen molar-refractivity contribution in [3.63, 3.8) is 0 Å². The average Bonchev–Trinajstić information content (AvgIpc) is 2.84. The minimum Gasteiger partial charge on any atom is -0.388 e. The average molecular weight is 247 g/mol. The maximum Gasteiger partial charge on any atom is 0.272 e. The zero-order chi connectivity index (χ0) is 13.0. The third-order valence-corrected chi connectivity index (χ3v) is 2.75. The number of hydrogen-bond acceptors (Lipinski definition) is 4. The SMILES string of the molecule is O=[N+]([O-])c1ccccc1CCn1ccnc1CO. The fourth-order valence-corrected chi connectivity index (χ4v) is 1.84. The summed E-state index contributed by atoms with van der Waals surface area (Å²) in [7, 11) is 0. The lowest BCUT2D eigenvalue weighted by molar-refractivity contribution is -0.385. The molecule has 2 aromatic rings. The van der Waals surface area contributed by atoms with Gasteiger partial charge in [0, 0.05) is 30.6 Å². The lowest BCUT2D eigenvalue weighted by Crippen LogP contribution is -2.06. The Morgan fingerprint density at radius 2 is 2.17 bits per heavy atom. The number of imidazole rings is 1. The monoisotopic (exact) mass is 247 g/mol. The van der Waals surface area contributed by atoms with E-state index in [1.807, 2.05) is 0 Å². The van der Waals surface area contributed by atoms with Gasteiger partial charge in [0.05, 0.1) is 4.92 Å². The Hall–Kier alpha value is -2.21. The molecule has 0 saturated heterocycles. The molecule has 0 aliphatic carbocycles. The molecule has 0 atom stereocenters. The largest absolute Gasteiger partial charge is 0.388 e. The fourth-order valence-electron chi connectivity index (χ4n) is 1.84. The molecule has 0 bridgehead atoms. The van der Waals surface area contributed by atoms with E-state index in [2.05, 4.69) is 4.98 Å². The van der Waals surface area contributed by atoms with Crippen molar-refractivity contribution in [1.29, 1.82) is 0 Å². The van der Waals surface area contributed by atoms with Gasteiger partial charge in [-0.1, -0.05) is 18.2 Å². The number of aromatic nitrogens is 2. The first-order valence-electron chi connectivity index (χ1n) is 5.55. The highest BCUT2D eigenvalue weighted by molar-refractivity contribution is 5.39. The van der Waals surface area contributed by atoms with Crippen LogP contribution in [0.15, 0.2) is 36.7 Å². The van der Waals surface area contributed by atoms with Crippen LogP contribution in [0.3, 0.4) is 0 Å². The third kappa shape index (κ3) is 2.54. The van der Waals surface area contributed by atoms with Gasteiger partial charge in [-0.2, -0.15) is 0 Å². The number of benzene rings is 1. The molecule has 0 amide bonds. The molecular formula is C12H13N3O3. The molecule has 0 radical (unpaired) electrons. The van der Waals surface area contributed by atoms with Crippen LogP contribution in [0.2, 0.25) is 0 Å². The van der Waals surface area contributed by atoms with E-state index in [0.717, 1.165) is 0 Å². The van der Waals surface area contributed by atoms with Crippen molar-refractivity contribution in [3.05, 3.63) is 58.2 Å². The molecule has 18 heavy (non-hydrogen) atoms. The molecule has 6 nitrogen and oxygen atoms in total. The minimum absolute atomic E-state index is 0.128. The van der Waals surface area contributed by atoms with Gasteiger partial charge >= 0.3 is 0 Å². The summed E-state index contributed by atoms with van der Waals surface area (Å²) in [6.45, 7) is 0.421. The van der Waals surface area contributed by atoms with Crippen LogP contribution in [-0.4, -0.2) is 19.6 Å². The number of nitrogens with zero attached hydrogens (tertiary/aromatic N) is 3. The van der Waals surface area contributed by atoms with Crippen LogP contribution in [0.4, 0.5) is 5.69 Å². The number of aliphatic hydroxyl groups is 1. The molecule has 1 aromatic carbocycles. The van der Waals surface area contributed by atoms with Gasteiger partial charge in [0.1, 0.15) is 12.4 Å². The maximum atomic E-state index is 10.9. The van der Waals surface area contributed by atoms with E-state index in [1.165, 1.54) is 6.07 Å². The molecule has 2 rings (SSSR count). The van der Waals surface area contributed by atoms with Crippen molar-refractivity contribution in [2.24, 2.45) is 0 Å². The van der Waals surface area contributed by atoms with Crippen molar-refractivity contribution >= 4 is 5.69 Å². The first-order chi connectivity index (χ1) is 8.72. The number of rotatable bonds is 5. The summed E-state index contributed by atoms with van der Waals surface area (Å²) in [5.41, 5.74) is 0.809. The lowest BCUT2D eigenvalue weighted by atomic mass is 10.1. The molecule has 6 heteroatoms. The minimum atomic E-state index is -0.379. The molecule has 0 saturated carbocycles. The zero-order valence-electron chi connectivity index (χ0n) is 9.69. The highest BCUT2D eigenvalue weighted by atomic mass is 16.6. The van der Waals surface area contributed by atoms with Gasteiger partial charge in [-0.05, 0) is 6.42 Å². The van der Waals surface area contributed by atoms with Crippen molar-refractivity contribution in [3.8, 4) is 0 Å².